The molecule has 1 atom stereocenters. The zero-order chi connectivity index (χ0) is 25.5. The van der Waals surface area contributed by atoms with E-state index in [1.165, 1.54) is 13.0 Å². The van der Waals surface area contributed by atoms with E-state index in [2.05, 4.69) is 20.5 Å². The Morgan fingerprint density at radius 2 is 1.94 bits per heavy atom. The molecule has 0 spiro atoms. The van der Waals surface area contributed by atoms with Crippen LogP contribution in [0.5, 0.6) is 5.75 Å². The summed E-state index contributed by atoms with van der Waals surface area (Å²) in [7, 11) is -3.62. The normalized spacial score (nSPS) is 17.6. The summed E-state index contributed by atoms with van der Waals surface area (Å²) >= 11 is 0. The fourth-order valence-electron chi connectivity index (χ4n) is 3.46. The van der Waals surface area contributed by atoms with Crippen LogP contribution in [0.2, 0.25) is 0 Å². The number of nitrogens with one attached hydrogen (secondary N) is 2. The van der Waals surface area contributed by atoms with Crippen LogP contribution in [0.15, 0.2) is 18.3 Å². The summed E-state index contributed by atoms with van der Waals surface area (Å²) in [5.41, 5.74) is -1.24. The third-order valence-corrected chi connectivity index (χ3v) is 5.97. The van der Waals surface area contributed by atoms with Gasteiger partial charge in [0, 0.05) is 18.0 Å². The number of halogens is 5. The molecule has 0 saturated carbocycles. The fourth-order valence-corrected chi connectivity index (χ4v) is 4.73. The van der Waals surface area contributed by atoms with Crippen LogP contribution in [-0.2, 0) is 15.4 Å². The van der Waals surface area contributed by atoms with Crippen molar-refractivity contribution in [1.82, 2.24) is 20.5 Å². The number of aryl methyl sites for hydroxylation is 1. The van der Waals surface area contributed by atoms with Crippen molar-refractivity contribution in [2.45, 2.75) is 31.5 Å². The number of aromatic nitrogens is 3. The molecule has 1 aliphatic heterocycles. The number of sulfone groups is 1. The highest BCUT2D eigenvalue weighted by Gasteiger charge is 2.45. The van der Waals surface area contributed by atoms with E-state index in [1.807, 2.05) is 0 Å². The molecule has 3 heterocycles. The second-order valence-electron chi connectivity index (χ2n) is 8.45. The SMILES string of the molecule is Cc1cc(C(C)(CS(C)(=O)=O)NC(=O)c2cc(OCC(F)(F)F)c(N3CC(F)(F)C3)cn2)n[nH]1. The van der Waals surface area contributed by atoms with Gasteiger partial charge in [0.1, 0.15) is 21.3 Å². The van der Waals surface area contributed by atoms with Crippen molar-refractivity contribution in [2.75, 3.05) is 36.6 Å². The molecule has 0 bridgehead atoms. The molecule has 34 heavy (non-hydrogen) atoms. The number of alkyl halides is 5. The number of H-pyrrole nitrogens is 1. The van der Waals surface area contributed by atoms with Crippen LogP contribution in [0.3, 0.4) is 0 Å². The van der Waals surface area contributed by atoms with Crippen molar-refractivity contribution in [3.63, 3.8) is 0 Å². The second kappa shape index (κ2) is 8.67. The number of carbonyl (C=O) groups excluding carboxylic acids is 1. The average Bonchev–Trinajstić information content (AvgIpc) is 3.09. The van der Waals surface area contributed by atoms with Crippen LogP contribution in [0, 0.1) is 6.92 Å². The van der Waals surface area contributed by atoms with Crippen LogP contribution in [0.25, 0.3) is 0 Å². The number of amides is 1. The summed E-state index contributed by atoms with van der Waals surface area (Å²) in [5, 5.41) is 9.17. The van der Waals surface area contributed by atoms with Gasteiger partial charge in [0.15, 0.2) is 6.61 Å². The maximum atomic E-state index is 13.3. The smallest absolute Gasteiger partial charge is 0.422 e. The van der Waals surface area contributed by atoms with Gasteiger partial charge in [-0.15, -0.1) is 0 Å². The Bertz CT molecular complexity index is 1180. The van der Waals surface area contributed by atoms with Crippen molar-refractivity contribution in [3.8, 4) is 5.75 Å². The first-order valence-electron chi connectivity index (χ1n) is 9.81. The Morgan fingerprint density at radius 1 is 1.29 bits per heavy atom. The summed E-state index contributed by atoms with van der Waals surface area (Å²) in [5.74, 6) is -4.93. The number of carbonyl (C=O) groups is 1. The fraction of sp³-hybridized carbons (Fsp3) is 0.526. The van der Waals surface area contributed by atoms with Gasteiger partial charge in [-0.2, -0.15) is 18.3 Å². The van der Waals surface area contributed by atoms with Crippen molar-refractivity contribution < 1.29 is 39.9 Å². The molecule has 3 rings (SSSR count). The zero-order valence-corrected chi connectivity index (χ0v) is 19.1. The van der Waals surface area contributed by atoms with Crippen molar-refractivity contribution in [1.29, 1.82) is 0 Å². The number of ether oxygens (including phenoxy) is 1. The highest BCUT2D eigenvalue weighted by molar-refractivity contribution is 7.90. The first-order valence-corrected chi connectivity index (χ1v) is 11.9. The monoisotopic (exact) mass is 511 g/mol. The van der Waals surface area contributed by atoms with Gasteiger partial charge in [0.25, 0.3) is 11.8 Å². The third kappa shape index (κ3) is 6.33. The Morgan fingerprint density at radius 3 is 2.44 bits per heavy atom. The molecule has 188 valence electrons. The van der Waals surface area contributed by atoms with E-state index >= 15 is 0 Å². The van der Waals surface area contributed by atoms with Gasteiger partial charge in [0.05, 0.1) is 42.0 Å². The predicted molar refractivity (Wildman–Crippen MR) is 111 cm³/mol. The maximum absolute atomic E-state index is 13.3. The molecule has 0 aliphatic carbocycles. The number of anilines is 1. The van der Waals surface area contributed by atoms with E-state index in [0.29, 0.717) is 5.69 Å². The second-order valence-corrected chi connectivity index (χ2v) is 10.6. The van der Waals surface area contributed by atoms with Gasteiger partial charge >= 0.3 is 6.18 Å². The number of aromatic amines is 1. The molecule has 2 N–H and O–H groups in total. The zero-order valence-electron chi connectivity index (χ0n) is 18.3. The predicted octanol–water partition coefficient (Wildman–Crippen LogP) is 2.20. The van der Waals surface area contributed by atoms with E-state index in [4.69, 9.17) is 4.74 Å². The molecule has 1 amide bonds. The summed E-state index contributed by atoms with van der Waals surface area (Å²) in [4.78, 5) is 17.9. The minimum absolute atomic E-state index is 0.131. The number of hydrogen-bond donors (Lipinski definition) is 2. The summed E-state index contributed by atoms with van der Waals surface area (Å²) in [6, 6.07) is 2.42. The highest BCUT2D eigenvalue weighted by atomic mass is 32.2. The number of nitrogens with zero attached hydrogens (tertiary/aromatic N) is 3. The Kier molecular flexibility index (Phi) is 6.54. The lowest BCUT2D eigenvalue weighted by Crippen LogP contribution is -2.56. The first-order chi connectivity index (χ1) is 15.5. The van der Waals surface area contributed by atoms with Crippen molar-refractivity contribution in [2.24, 2.45) is 0 Å². The molecule has 1 aliphatic rings. The molecule has 15 heteroatoms. The van der Waals surface area contributed by atoms with Crippen LogP contribution in [-0.4, -0.2) is 73.3 Å². The molecule has 1 saturated heterocycles. The molecule has 1 unspecified atom stereocenters. The molecule has 0 radical (unpaired) electrons. The van der Waals surface area contributed by atoms with E-state index in [0.717, 1.165) is 23.4 Å². The van der Waals surface area contributed by atoms with Gasteiger partial charge in [-0.1, -0.05) is 0 Å². The third-order valence-electron chi connectivity index (χ3n) is 4.87. The minimum atomic E-state index is -4.71. The van der Waals surface area contributed by atoms with E-state index in [9.17, 15) is 35.2 Å². The lowest BCUT2D eigenvalue weighted by Gasteiger charge is -2.40. The number of hydrogen-bond acceptors (Lipinski definition) is 7. The largest absolute Gasteiger partial charge is 0.482 e. The van der Waals surface area contributed by atoms with Crippen LogP contribution in [0.4, 0.5) is 27.6 Å². The molecule has 2 aromatic heterocycles. The Balaban J connectivity index is 1.91. The lowest BCUT2D eigenvalue weighted by atomic mass is 9.99. The van der Waals surface area contributed by atoms with Gasteiger partial charge in [0.2, 0.25) is 0 Å². The quantitative estimate of drug-likeness (QED) is 0.522. The highest BCUT2D eigenvalue weighted by Crippen LogP contribution is 2.38. The summed E-state index contributed by atoms with van der Waals surface area (Å²) in [6.45, 7) is -0.114. The van der Waals surface area contributed by atoms with Gasteiger partial charge in [-0.3, -0.25) is 9.89 Å². The van der Waals surface area contributed by atoms with Gasteiger partial charge in [-0.05, 0) is 19.9 Å². The van der Waals surface area contributed by atoms with Crippen LogP contribution in [0.1, 0.15) is 28.8 Å². The first kappa shape index (κ1) is 25.6. The lowest BCUT2D eigenvalue weighted by molar-refractivity contribution is -0.153. The van der Waals surface area contributed by atoms with Crippen molar-refractivity contribution >= 4 is 21.4 Å². The topological polar surface area (TPSA) is 117 Å². The minimum Gasteiger partial charge on any atom is -0.482 e. The van der Waals surface area contributed by atoms with Crippen LogP contribution >= 0.6 is 0 Å². The maximum Gasteiger partial charge on any atom is 0.422 e. The molecule has 1 fully saturated rings. The molecule has 0 aromatic carbocycles. The molecule has 9 nitrogen and oxygen atoms in total. The van der Waals surface area contributed by atoms with E-state index in [-0.39, 0.29) is 11.4 Å². The molecular formula is C19H22F5N5O4S. The number of pyridine rings is 1. The summed E-state index contributed by atoms with van der Waals surface area (Å²) < 4.78 is 93.4. The van der Waals surface area contributed by atoms with Gasteiger partial charge in [-0.25, -0.2) is 22.2 Å². The Labute approximate surface area is 191 Å². The van der Waals surface area contributed by atoms with Crippen molar-refractivity contribution in [3.05, 3.63) is 35.4 Å². The van der Waals surface area contributed by atoms with Crippen LogP contribution < -0.4 is 15.0 Å². The summed E-state index contributed by atoms with van der Waals surface area (Å²) in [6.07, 6.45) is -2.79. The average molecular weight is 511 g/mol. The van der Waals surface area contributed by atoms with E-state index < -0.39 is 70.3 Å². The van der Waals surface area contributed by atoms with Gasteiger partial charge < -0.3 is 15.0 Å². The number of rotatable bonds is 8. The van der Waals surface area contributed by atoms with E-state index in [1.54, 1.807) is 6.92 Å². The molecular weight excluding hydrogens is 489 g/mol. The molecule has 2 aromatic rings. The Hall–Kier alpha value is -2.97. The standard InChI is InChI=1S/C19H22F5N5O4S/c1-11-4-15(28-27-11)17(2,10-34(3,31)32)26-16(30)12-5-14(33-9-19(22,23)24)13(6-25-12)29-7-18(20,21)8-29/h4-6H,7-10H2,1-3H3,(H,26,30)(H,27,28).